The van der Waals surface area contributed by atoms with Crippen LogP contribution in [0.2, 0.25) is 0 Å². The Morgan fingerprint density at radius 1 is 1.35 bits per heavy atom. The summed E-state index contributed by atoms with van der Waals surface area (Å²) in [5, 5.41) is 10.6. The maximum atomic E-state index is 12.6. The predicted octanol–water partition coefficient (Wildman–Crippen LogP) is 2.35. The summed E-state index contributed by atoms with van der Waals surface area (Å²) in [5.41, 5.74) is -0.754. The average molecular weight is 283 g/mol. The van der Waals surface area contributed by atoms with Crippen molar-refractivity contribution in [1.29, 1.82) is 0 Å². The number of ether oxygens (including phenoxy) is 1. The van der Waals surface area contributed by atoms with E-state index in [9.17, 15) is 9.90 Å². The van der Waals surface area contributed by atoms with Crippen LogP contribution in [-0.4, -0.2) is 47.3 Å². The molecule has 0 aromatic carbocycles. The average Bonchev–Trinajstić information content (AvgIpc) is 2.38. The van der Waals surface area contributed by atoms with Gasteiger partial charge in [-0.2, -0.15) is 0 Å². The topological polar surface area (TPSA) is 49.8 Å². The first kappa shape index (κ1) is 15.8. The fourth-order valence-corrected chi connectivity index (χ4v) is 3.49. The molecule has 1 heterocycles. The second-order valence-electron chi connectivity index (χ2n) is 6.91. The summed E-state index contributed by atoms with van der Waals surface area (Å²) in [4.78, 5) is 14.5. The third-order valence-corrected chi connectivity index (χ3v) is 4.56. The molecule has 2 aliphatic rings. The van der Waals surface area contributed by atoms with Gasteiger partial charge in [-0.05, 0) is 25.2 Å². The molecule has 0 bridgehead atoms. The molecule has 1 saturated heterocycles. The molecule has 1 amide bonds. The lowest BCUT2D eigenvalue weighted by atomic mass is 9.82. The molecule has 2 fully saturated rings. The molecule has 1 aliphatic carbocycles. The minimum atomic E-state index is -0.754. The van der Waals surface area contributed by atoms with E-state index < -0.39 is 5.60 Å². The van der Waals surface area contributed by atoms with Gasteiger partial charge in [-0.1, -0.05) is 33.1 Å². The molecule has 0 aromatic heterocycles. The number of rotatable bonds is 4. The lowest BCUT2D eigenvalue weighted by Gasteiger charge is -2.39. The zero-order valence-electron chi connectivity index (χ0n) is 12.9. The van der Waals surface area contributed by atoms with Gasteiger partial charge in [-0.25, -0.2) is 0 Å². The molecule has 0 spiro atoms. The number of carbonyl (C=O) groups is 1. The van der Waals surface area contributed by atoms with Crippen molar-refractivity contribution >= 4 is 5.91 Å². The summed E-state index contributed by atoms with van der Waals surface area (Å²) >= 11 is 0. The minimum absolute atomic E-state index is 0.114. The number of carbonyl (C=O) groups excluding carboxylic acids is 1. The highest BCUT2D eigenvalue weighted by atomic mass is 16.5. The van der Waals surface area contributed by atoms with E-state index in [1.165, 1.54) is 6.42 Å². The fourth-order valence-electron chi connectivity index (χ4n) is 3.49. The van der Waals surface area contributed by atoms with Crippen LogP contribution in [0.1, 0.15) is 58.8 Å². The van der Waals surface area contributed by atoms with Crippen molar-refractivity contribution in [3.05, 3.63) is 0 Å². The van der Waals surface area contributed by atoms with E-state index in [0.29, 0.717) is 32.1 Å². The normalized spacial score (nSPS) is 26.8. The molecule has 1 atom stereocenters. The molecule has 1 aliphatic heterocycles. The van der Waals surface area contributed by atoms with E-state index in [4.69, 9.17) is 4.74 Å². The first-order chi connectivity index (χ1) is 9.50. The third kappa shape index (κ3) is 4.19. The summed E-state index contributed by atoms with van der Waals surface area (Å²) in [6, 6.07) is 0.184. The number of aliphatic hydroxyl groups is 1. The van der Waals surface area contributed by atoms with E-state index >= 15 is 0 Å². The maximum absolute atomic E-state index is 12.6. The number of nitrogens with zero attached hydrogens (tertiary/aromatic N) is 1. The zero-order chi connectivity index (χ0) is 14.6. The molecule has 116 valence electrons. The highest BCUT2D eigenvalue weighted by molar-refractivity contribution is 5.77. The monoisotopic (exact) mass is 283 g/mol. The highest BCUT2D eigenvalue weighted by Crippen LogP contribution is 2.32. The van der Waals surface area contributed by atoms with Crippen molar-refractivity contribution in [1.82, 2.24) is 4.90 Å². The Balaban J connectivity index is 1.94. The molecule has 20 heavy (non-hydrogen) atoms. The van der Waals surface area contributed by atoms with Gasteiger partial charge in [-0.15, -0.1) is 0 Å². The zero-order valence-corrected chi connectivity index (χ0v) is 12.9. The summed E-state index contributed by atoms with van der Waals surface area (Å²) in [6.45, 7) is 6.28. The van der Waals surface area contributed by atoms with Crippen molar-refractivity contribution < 1.29 is 14.6 Å². The molecular formula is C16H29NO3. The van der Waals surface area contributed by atoms with Crippen LogP contribution < -0.4 is 0 Å². The molecule has 0 radical (unpaired) electrons. The van der Waals surface area contributed by atoms with Gasteiger partial charge < -0.3 is 14.7 Å². The first-order valence-corrected chi connectivity index (χ1v) is 8.10. The van der Waals surface area contributed by atoms with Crippen LogP contribution in [0, 0.1) is 5.92 Å². The Morgan fingerprint density at radius 3 is 2.70 bits per heavy atom. The van der Waals surface area contributed by atoms with Crippen LogP contribution in [0.15, 0.2) is 0 Å². The summed E-state index contributed by atoms with van der Waals surface area (Å²) in [6.07, 6.45) is 6.09. The Kier molecular flexibility index (Phi) is 5.44. The predicted molar refractivity (Wildman–Crippen MR) is 78.4 cm³/mol. The molecule has 1 unspecified atom stereocenters. The molecular weight excluding hydrogens is 254 g/mol. The smallest absolute Gasteiger partial charge is 0.225 e. The van der Waals surface area contributed by atoms with Crippen LogP contribution >= 0.6 is 0 Å². The quantitative estimate of drug-likeness (QED) is 0.861. The van der Waals surface area contributed by atoms with Gasteiger partial charge in [-0.3, -0.25) is 4.79 Å². The van der Waals surface area contributed by atoms with Gasteiger partial charge in [0.2, 0.25) is 5.91 Å². The van der Waals surface area contributed by atoms with Gasteiger partial charge >= 0.3 is 0 Å². The Morgan fingerprint density at radius 2 is 2.05 bits per heavy atom. The highest BCUT2D eigenvalue weighted by Gasteiger charge is 2.36. The van der Waals surface area contributed by atoms with E-state index in [1.54, 1.807) is 0 Å². The van der Waals surface area contributed by atoms with Gasteiger partial charge in [0.1, 0.15) is 0 Å². The van der Waals surface area contributed by atoms with Crippen molar-refractivity contribution in [2.45, 2.75) is 70.4 Å². The van der Waals surface area contributed by atoms with E-state index in [2.05, 4.69) is 13.8 Å². The number of amides is 1. The summed E-state index contributed by atoms with van der Waals surface area (Å²) in [5.74, 6) is 0.665. The minimum Gasteiger partial charge on any atom is -0.389 e. The Hall–Kier alpha value is -0.610. The largest absolute Gasteiger partial charge is 0.389 e. The lowest BCUT2D eigenvalue weighted by molar-refractivity contribution is -0.146. The van der Waals surface area contributed by atoms with Crippen molar-refractivity contribution in [2.75, 3.05) is 19.8 Å². The Bertz CT molecular complexity index is 324. The number of morpholine rings is 1. The number of hydrogen-bond donors (Lipinski definition) is 1. The Labute approximate surface area is 122 Å². The summed E-state index contributed by atoms with van der Waals surface area (Å²) < 4.78 is 5.52. The maximum Gasteiger partial charge on any atom is 0.225 e. The second-order valence-corrected chi connectivity index (χ2v) is 6.91. The number of hydrogen-bond acceptors (Lipinski definition) is 3. The van der Waals surface area contributed by atoms with Crippen molar-refractivity contribution in [2.24, 2.45) is 5.92 Å². The standard InChI is InChI=1S/C16H29NO3/c1-13(2)10-14-12-20-9-8-17(14)15(18)11-16(19)6-4-3-5-7-16/h13-14,19H,3-12H2,1-2H3. The van der Waals surface area contributed by atoms with Gasteiger partial charge in [0.25, 0.3) is 0 Å². The van der Waals surface area contributed by atoms with Crippen LogP contribution in [0.4, 0.5) is 0 Å². The molecule has 2 rings (SSSR count). The molecule has 1 N–H and O–H groups in total. The summed E-state index contributed by atoms with van der Waals surface area (Å²) in [7, 11) is 0. The third-order valence-electron chi connectivity index (χ3n) is 4.56. The first-order valence-electron chi connectivity index (χ1n) is 8.10. The van der Waals surface area contributed by atoms with E-state index in [1.807, 2.05) is 4.90 Å². The lowest BCUT2D eigenvalue weighted by Crippen LogP contribution is -2.51. The van der Waals surface area contributed by atoms with Gasteiger partial charge in [0.15, 0.2) is 0 Å². The van der Waals surface area contributed by atoms with Crippen LogP contribution in [0.5, 0.6) is 0 Å². The van der Waals surface area contributed by atoms with E-state index in [0.717, 1.165) is 32.1 Å². The van der Waals surface area contributed by atoms with Crippen molar-refractivity contribution in [3.63, 3.8) is 0 Å². The van der Waals surface area contributed by atoms with Gasteiger partial charge in [0.05, 0.1) is 31.3 Å². The van der Waals surface area contributed by atoms with Crippen LogP contribution in [-0.2, 0) is 9.53 Å². The van der Waals surface area contributed by atoms with Crippen LogP contribution in [0.3, 0.4) is 0 Å². The molecule has 4 heteroatoms. The molecule has 1 saturated carbocycles. The molecule has 0 aromatic rings. The second kappa shape index (κ2) is 6.90. The van der Waals surface area contributed by atoms with Gasteiger partial charge in [0, 0.05) is 6.54 Å². The van der Waals surface area contributed by atoms with E-state index in [-0.39, 0.29) is 11.9 Å². The van der Waals surface area contributed by atoms with Crippen molar-refractivity contribution in [3.8, 4) is 0 Å². The fraction of sp³-hybridized carbons (Fsp3) is 0.938. The molecule has 4 nitrogen and oxygen atoms in total. The van der Waals surface area contributed by atoms with Crippen LogP contribution in [0.25, 0.3) is 0 Å². The SMILES string of the molecule is CC(C)CC1COCCN1C(=O)CC1(O)CCCCC1.